The van der Waals surface area contributed by atoms with Gasteiger partial charge >= 0.3 is 5.97 Å². The minimum Gasteiger partial charge on any atom is -0.452 e. The topological polar surface area (TPSA) is 92.8 Å². The average molecular weight is 471 g/mol. The van der Waals surface area contributed by atoms with Crippen molar-refractivity contribution in [1.82, 2.24) is 0 Å². The van der Waals surface area contributed by atoms with Crippen molar-refractivity contribution in [3.63, 3.8) is 0 Å². The van der Waals surface area contributed by atoms with Crippen molar-refractivity contribution in [1.29, 1.82) is 0 Å². The number of halogens is 1. The summed E-state index contributed by atoms with van der Waals surface area (Å²) >= 11 is 0. The van der Waals surface area contributed by atoms with E-state index in [1.54, 1.807) is 50.2 Å². The van der Waals surface area contributed by atoms with E-state index in [-0.39, 0.29) is 22.7 Å². The minimum absolute atomic E-state index is 0.0321. The molecule has 0 heterocycles. The molecule has 0 aliphatic heterocycles. The van der Waals surface area contributed by atoms with Gasteiger partial charge in [-0.15, -0.1) is 0 Å². The smallest absolute Gasteiger partial charge is 0.338 e. The lowest BCUT2D eigenvalue weighted by Crippen LogP contribution is -2.30. The van der Waals surface area contributed by atoms with E-state index in [0.717, 1.165) is 0 Å². The molecule has 3 aromatic rings. The maximum atomic E-state index is 13.9. The Kier molecular flexibility index (Phi) is 7.44. The first-order valence-corrected chi connectivity index (χ1v) is 11.6. The average Bonchev–Trinajstić information content (AvgIpc) is 2.80. The van der Waals surface area contributed by atoms with Crippen LogP contribution in [0.15, 0.2) is 77.7 Å². The van der Waals surface area contributed by atoms with Gasteiger partial charge in [-0.3, -0.25) is 9.10 Å². The number of nitrogens with zero attached hydrogens (tertiary/aromatic N) is 1. The molecule has 9 heteroatoms. The number of carbonyl (C=O) groups is 2. The van der Waals surface area contributed by atoms with Crippen LogP contribution in [-0.4, -0.2) is 33.4 Å². The SMILES string of the molecule is CCN(c1ccccc1)S(=O)(=O)c1cccc(C(=O)OCC(=O)Nc2ccc(C)cc2F)c1. The molecule has 0 radical (unpaired) electrons. The van der Waals surface area contributed by atoms with Crippen LogP contribution in [0, 0.1) is 12.7 Å². The zero-order valence-electron chi connectivity index (χ0n) is 18.1. The summed E-state index contributed by atoms with van der Waals surface area (Å²) < 4.78 is 46.3. The third-order valence-electron chi connectivity index (χ3n) is 4.72. The molecule has 172 valence electrons. The van der Waals surface area contributed by atoms with Crippen LogP contribution in [0.5, 0.6) is 0 Å². The monoisotopic (exact) mass is 470 g/mol. The van der Waals surface area contributed by atoms with Crippen LogP contribution in [0.1, 0.15) is 22.8 Å². The van der Waals surface area contributed by atoms with E-state index in [1.165, 1.54) is 40.7 Å². The van der Waals surface area contributed by atoms with Gasteiger partial charge in [0.15, 0.2) is 6.61 Å². The molecule has 0 aliphatic carbocycles. The Morgan fingerprint density at radius 1 is 1.00 bits per heavy atom. The van der Waals surface area contributed by atoms with Gasteiger partial charge in [0.05, 0.1) is 21.8 Å². The van der Waals surface area contributed by atoms with Gasteiger partial charge in [-0.25, -0.2) is 17.6 Å². The van der Waals surface area contributed by atoms with E-state index in [4.69, 9.17) is 4.74 Å². The maximum absolute atomic E-state index is 13.9. The van der Waals surface area contributed by atoms with Crippen molar-refractivity contribution in [3.05, 3.63) is 89.7 Å². The first-order valence-electron chi connectivity index (χ1n) is 10.1. The summed E-state index contributed by atoms with van der Waals surface area (Å²) in [5, 5.41) is 2.33. The maximum Gasteiger partial charge on any atom is 0.338 e. The molecule has 0 bridgehead atoms. The second-order valence-electron chi connectivity index (χ2n) is 7.14. The highest BCUT2D eigenvalue weighted by atomic mass is 32.2. The number of nitrogens with one attached hydrogen (secondary N) is 1. The number of hydrogen-bond donors (Lipinski definition) is 1. The van der Waals surface area contributed by atoms with Gasteiger partial charge in [-0.1, -0.05) is 30.3 Å². The summed E-state index contributed by atoms with van der Waals surface area (Å²) in [5.74, 6) is -2.21. The van der Waals surface area contributed by atoms with Gasteiger partial charge in [0, 0.05) is 6.54 Å². The number of benzene rings is 3. The summed E-state index contributed by atoms with van der Waals surface area (Å²) in [4.78, 5) is 24.4. The van der Waals surface area contributed by atoms with E-state index in [0.29, 0.717) is 11.3 Å². The highest BCUT2D eigenvalue weighted by molar-refractivity contribution is 7.92. The van der Waals surface area contributed by atoms with Crippen LogP contribution in [0.25, 0.3) is 0 Å². The number of esters is 1. The van der Waals surface area contributed by atoms with Gasteiger partial charge in [-0.05, 0) is 61.9 Å². The number of anilines is 2. The normalized spacial score (nSPS) is 11.0. The first kappa shape index (κ1) is 23.9. The number of para-hydroxylation sites is 1. The van der Waals surface area contributed by atoms with Crippen molar-refractivity contribution in [3.8, 4) is 0 Å². The van der Waals surface area contributed by atoms with Gasteiger partial charge in [0.1, 0.15) is 5.82 Å². The van der Waals surface area contributed by atoms with E-state index in [9.17, 15) is 22.4 Å². The van der Waals surface area contributed by atoms with Crippen molar-refractivity contribution in [2.45, 2.75) is 18.7 Å². The number of rotatable bonds is 8. The van der Waals surface area contributed by atoms with Crippen LogP contribution < -0.4 is 9.62 Å². The number of amides is 1. The molecular formula is C24H23FN2O5S. The largest absolute Gasteiger partial charge is 0.452 e. The lowest BCUT2D eigenvalue weighted by atomic mass is 10.2. The van der Waals surface area contributed by atoms with Crippen molar-refractivity contribution in [2.75, 3.05) is 22.8 Å². The second kappa shape index (κ2) is 10.3. The third-order valence-corrected chi connectivity index (χ3v) is 6.62. The Morgan fingerprint density at radius 3 is 2.39 bits per heavy atom. The van der Waals surface area contributed by atoms with Crippen LogP contribution in [-0.2, 0) is 19.6 Å². The molecule has 33 heavy (non-hydrogen) atoms. The molecule has 0 spiro atoms. The lowest BCUT2D eigenvalue weighted by Gasteiger charge is -2.23. The number of ether oxygens (including phenoxy) is 1. The molecule has 3 rings (SSSR count). The molecule has 0 fully saturated rings. The first-order chi connectivity index (χ1) is 15.7. The summed E-state index contributed by atoms with van der Waals surface area (Å²) in [6.07, 6.45) is 0. The van der Waals surface area contributed by atoms with Gasteiger partial charge in [0.2, 0.25) is 0 Å². The Hall–Kier alpha value is -3.72. The molecule has 1 N–H and O–H groups in total. The molecule has 0 aliphatic rings. The molecule has 0 saturated carbocycles. The summed E-state index contributed by atoms with van der Waals surface area (Å²) in [6, 6.07) is 18.3. The summed E-state index contributed by atoms with van der Waals surface area (Å²) in [7, 11) is -3.94. The van der Waals surface area contributed by atoms with E-state index >= 15 is 0 Å². The van der Waals surface area contributed by atoms with Gasteiger partial charge in [0.25, 0.3) is 15.9 Å². The van der Waals surface area contributed by atoms with E-state index in [2.05, 4.69) is 5.32 Å². The zero-order chi connectivity index (χ0) is 24.0. The predicted molar refractivity (Wildman–Crippen MR) is 123 cm³/mol. The zero-order valence-corrected chi connectivity index (χ0v) is 18.9. The molecule has 0 aromatic heterocycles. The molecular weight excluding hydrogens is 447 g/mol. The Balaban J connectivity index is 1.70. The van der Waals surface area contributed by atoms with Crippen LogP contribution >= 0.6 is 0 Å². The molecule has 7 nitrogen and oxygen atoms in total. The highest BCUT2D eigenvalue weighted by Gasteiger charge is 2.24. The van der Waals surface area contributed by atoms with Crippen molar-refractivity contribution >= 4 is 33.3 Å². The number of carbonyl (C=O) groups excluding carboxylic acids is 2. The molecule has 0 saturated heterocycles. The third kappa shape index (κ3) is 5.75. The fourth-order valence-corrected chi connectivity index (χ4v) is 4.64. The molecule has 1 amide bonds. The fraction of sp³-hybridized carbons (Fsp3) is 0.167. The molecule has 0 atom stereocenters. The van der Waals surface area contributed by atoms with Crippen molar-refractivity contribution in [2.24, 2.45) is 0 Å². The summed E-state index contributed by atoms with van der Waals surface area (Å²) in [6.45, 7) is 2.95. The number of aryl methyl sites for hydroxylation is 1. The second-order valence-corrected chi connectivity index (χ2v) is 9.00. The van der Waals surface area contributed by atoms with Gasteiger partial charge in [-0.2, -0.15) is 0 Å². The Labute approximate surface area is 191 Å². The van der Waals surface area contributed by atoms with Crippen molar-refractivity contribution < 1.29 is 27.1 Å². The Bertz CT molecular complexity index is 1260. The molecule has 3 aromatic carbocycles. The minimum atomic E-state index is -3.94. The van der Waals surface area contributed by atoms with Crippen LogP contribution in [0.2, 0.25) is 0 Å². The standard InChI is InChI=1S/C24H23FN2O5S/c1-3-27(19-9-5-4-6-10-19)33(30,31)20-11-7-8-18(15-20)24(29)32-16-23(28)26-22-13-12-17(2)14-21(22)25/h4-15H,3,16H2,1-2H3,(H,26,28). The van der Waals surface area contributed by atoms with E-state index < -0.39 is 34.3 Å². The number of hydrogen-bond acceptors (Lipinski definition) is 5. The predicted octanol–water partition coefficient (Wildman–Crippen LogP) is 4.14. The van der Waals surface area contributed by atoms with Gasteiger partial charge < -0.3 is 10.1 Å². The Morgan fingerprint density at radius 2 is 1.73 bits per heavy atom. The highest BCUT2D eigenvalue weighted by Crippen LogP contribution is 2.24. The number of sulfonamides is 1. The lowest BCUT2D eigenvalue weighted by molar-refractivity contribution is -0.119. The molecule has 0 unspecified atom stereocenters. The summed E-state index contributed by atoms with van der Waals surface area (Å²) in [5.41, 5.74) is 1.12. The quantitative estimate of drug-likeness (QED) is 0.500. The van der Waals surface area contributed by atoms with Crippen LogP contribution in [0.4, 0.5) is 15.8 Å². The van der Waals surface area contributed by atoms with Crippen LogP contribution in [0.3, 0.4) is 0 Å². The fourth-order valence-electron chi connectivity index (χ4n) is 3.12. The van der Waals surface area contributed by atoms with E-state index in [1.807, 2.05) is 0 Å².